The molecule has 0 aromatic heterocycles. The summed E-state index contributed by atoms with van der Waals surface area (Å²) in [5, 5.41) is 5.63. The fourth-order valence-electron chi connectivity index (χ4n) is 4.89. The minimum Gasteiger partial charge on any atom is -0.374 e. The average Bonchev–Trinajstić information content (AvgIpc) is 3.14. The first-order valence-electron chi connectivity index (χ1n) is 11.7. The van der Waals surface area contributed by atoms with Crippen LogP contribution in [0.3, 0.4) is 0 Å². The Morgan fingerprint density at radius 2 is 1.61 bits per heavy atom. The Morgan fingerprint density at radius 1 is 0.909 bits per heavy atom. The van der Waals surface area contributed by atoms with Crippen LogP contribution < -0.4 is 15.5 Å². The molecule has 2 heterocycles. The maximum absolute atomic E-state index is 12.7. The average molecular weight is 450 g/mol. The lowest BCUT2D eigenvalue weighted by atomic mass is 10.00. The molecule has 4 rings (SSSR count). The van der Waals surface area contributed by atoms with E-state index in [9.17, 15) is 9.59 Å². The largest absolute Gasteiger partial charge is 0.374 e. The topological polar surface area (TPSA) is 67.9 Å². The van der Waals surface area contributed by atoms with Crippen molar-refractivity contribution in [1.29, 1.82) is 0 Å². The number of nitrogens with zero attached hydrogens (tertiary/aromatic N) is 3. The Hall–Kier alpha value is -2.90. The normalized spacial score (nSPS) is 17.5. The molecule has 1 atom stereocenters. The quantitative estimate of drug-likeness (QED) is 0.686. The molecule has 0 saturated carbocycles. The van der Waals surface area contributed by atoms with E-state index in [1.807, 2.05) is 32.0 Å². The van der Waals surface area contributed by atoms with Gasteiger partial charge in [0.2, 0.25) is 0 Å². The molecule has 2 aromatic carbocycles. The number of benzene rings is 2. The number of aryl methyl sites for hydroxylation is 2. The fraction of sp³-hybridized carbons (Fsp3) is 0.462. The smallest absolute Gasteiger partial charge is 0.313 e. The Bertz CT molecular complexity index is 1010. The molecule has 7 nitrogen and oxygen atoms in total. The Labute approximate surface area is 196 Å². The van der Waals surface area contributed by atoms with Gasteiger partial charge in [0.1, 0.15) is 0 Å². The van der Waals surface area contributed by atoms with Gasteiger partial charge >= 0.3 is 11.8 Å². The second-order valence-corrected chi connectivity index (χ2v) is 9.46. The van der Waals surface area contributed by atoms with Gasteiger partial charge in [-0.25, -0.2) is 0 Å². The summed E-state index contributed by atoms with van der Waals surface area (Å²) < 4.78 is 0. The van der Waals surface area contributed by atoms with Crippen molar-refractivity contribution in [2.75, 3.05) is 63.6 Å². The molecule has 33 heavy (non-hydrogen) atoms. The number of rotatable bonds is 5. The standard InChI is InChI=1S/C26H35N5O2/c1-18-13-19(2)15-22(14-18)28-26(33)25(32)27-17-24(31-11-9-29(3)10-12-31)20-5-6-23-21(16-20)7-8-30(23)4/h5-6,13-16,24H,7-12,17H2,1-4H3,(H,27,32)(H,28,33). The number of nitrogens with one attached hydrogen (secondary N) is 2. The monoisotopic (exact) mass is 449 g/mol. The highest BCUT2D eigenvalue weighted by molar-refractivity contribution is 6.39. The number of carbonyl (C=O) groups is 2. The molecule has 2 N–H and O–H groups in total. The van der Waals surface area contributed by atoms with Crippen LogP contribution in [-0.4, -0.2) is 75.0 Å². The lowest BCUT2D eigenvalue weighted by Gasteiger charge is -2.38. The number of hydrogen-bond acceptors (Lipinski definition) is 5. The molecule has 0 spiro atoms. The van der Waals surface area contributed by atoms with Crippen LogP contribution in [0.2, 0.25) is 0 Å². The van der Waals surface area contributed by atoms with E-state index in [-0.39, 0.29) is 6.04 Å². The van der Waals surface area contributed by atoms with Crippen LogP contribution >= 0.6 is 0 Å². The summed E-state index contributed by atoms with van der Waals surface area (Å²) in [6.07, 6.45) is 1.04. The number of amides is 2. The maximum atomic E-state index is 12.7. The van der Waals surface area contributed by atoms with Gasteiger partial charge in [0.05, 0.1) is 6.04 Å². The van der Waals surface area contributed by atoms with Gasteiger partial charge in [-0.1, -0.05) is 18.2 Å². The van der Waals surface area contributed by atoms with Crippen LogP contribution in [0, 0.1) is 13.8 Å². The van der Waals surface area contributed by atoms with Gasteiger partial charge < -0.3 is 20.4 Å². The molecule has 1 unspecified atom stereocenters. The molecular formula is C26H35N5O2. The minimum absolute atomic E-state index is 0.0351. The highest BCUT2D eigenvalue weighted by Crippen LogP contribution is 2.31. The summed E-state index contributed by atoms with van der Waals surface area (Å²) in [7, 11) is 4.26. The van der Waals surface area contributed by atoms with E-state index in [2.05, 4.69) is 57.6 Å². The minimum atomic E-state index is -0.632. The molecule has 176 valence electrons. The van der Waals surface area contributed by atoms with Crippen LogP contribution in [0.4, 0.5) is 11.4 Å². The van der Waals surface area contributed by atoms with Crippen molar-refractivity contribution < 1.29 is 9.59 Å². The highest BCUT2D eigenvalue weighted by atomic mass is 16.2. The Balaban J connectivity index is 1.46. The van der Waals surface area contributed by atoms with Crippen LogP contribution in [0.25, 0.3) is 0 Å². The molecule has 2 aromatic rings. The summed E-state index contributed by atoms with van der Waals surface area (Å²) in [6, 6.07) is 12.4. The number of anilines is 2. The number of carbonyl (C=O) groups excluding carboxylic acids is 2. The molecular weight excluding hydrogens is 414 g/mol. The zero-order valence-corrected chi connectivity index (χ0v) is 20.1. The number of likely N-dealkylation sites (N-methyl/N-ethyl adjacent to an activating group) is 2. The Kier molecular flexibility index (Phi) is 7.00. The summed E-state index contributed by atoms with van der Waals surface area (Å²) >= 11 is 0. The Morgan fingerprint density at radius 3 is 2.30 bits per heavy atom. The SMILES string of the molecule is Cc1cc(C)cc(NC(=O)C(=O)NCC(c2ccc3c(c2)CCN3C)N2CCN(C)CC2)c1. The van der Waals surface area contributed by atoms with Crippen molar-refractivity contribution in [1.82, 2.24) is 15.1 Å². The van der Waals surface area contributed by atoms with E-state index in [1.54, 1.807) is 0 Å². The van der Waals surface area contributed by atoms with Crippen molar-refractivity contribution >= 4 is 23.2 Å². The number of fused-ring (bicyclic) bond motifs is 1. The van der Waals surface area contributed by atoms with E-state index in [4.69, 9.17) is 0 Å². The van der Waals surface area contributed by atoms with Gasteiger partial charge in [0.15, 0.2) is 0 Å². The summed E-state index contributed by atoms with van der Waals surface area (Å²) in [6.45, 7) is 9.22. The molecule has 2 aliphatic heterocycles. The van der Waals surface area contributed by atoms with E-state index >= 15 is 0 Å². The first kappa shape index (κ1) is 23.3. The van der Waals surface area contributed by atoms with E-state index in [0.717, 1.165) is 50.3 Å². The van der Waals surface area contributed by atoms with Crippen LogP contribution in [0.15, 0.2) is 36.4 Å². The zero-order chi connectivity index (χ0) is 23.5. The van der Waals surface area contributed by atoms with Gasteiger partial charge in [-0.05, 0) is 67.8 Å². The predicted molar refractivity (Wildman–Crippen MR) is 133 cm³/mol. The molecule has 2 aliphatic rings. The molecule has 0 radical (unpaired) electrons. The van der Waals surface area contributed by atoms with E-state index in [1.165, 1.54) is 16.8 Å². The fourth-order valence-corrected chi connectivity index (χ4v) is 4.89. The third-order valence-electron chi connectivity index (χ3n) is 6.74. The second-order valence-electron chi connectivity index (χ2n) is 9.46. The third kappa shape index (κ3) is 5.54. The first-order valence-corrected chi connectivity index (χ1v) is 11.7. The molecule has 0 bridgehead atoms. The molecule has 1 fully saturated rings. The summed E-state index contributed by atoms with van der Waals surface area (Å²) in [4.78, 5) is 32.2. The van der Waals surface area contributed by atoms with Gasteiger partial charge in [-0.3, -0.25) is 14.5 Å². The van der Waals surface area contributed by atoms with Crippen molar-refractivity contribution in [2.24, 2.45) is 0 Å². The van der Waals surface area contributed by atoms with Gasteiger partial charge in [-0.15, -0.1) is 0 Å². The summed E-state index contributed by atoms with van der Waals surface area (Å²) in [5.41, 5.74) is 6.57. The molecule has 1 saturated heterocycles. The highest BCUT2D eigenvalue weighted by Gasteiger charge is 2.27. The zero-order valence-electron chi connectivity index (χ0n) is 20.1. The number of piperazine rings is 1. The van der Waals surface area contributed by atoms with Crippen LogP contribution in [0.5, 0.6) is 0 Å². The lowest BCUT2D eigenvalue weighted by Crippen LogP contribution is -2.49. The van der Waals surface area contributed by atoms with Crippen LogP contribution in [-0.2, 0) is 16.0 Å². The molecule has 7 heteroatoms. The third-order valence-corrected chi connectivity index (χ3v) is 6.74. The molecule has 0 aliphatic carbocycles. The van der Waals surface area contributed by atoms with E-state index < -0.39 is 11.8 Å². The van der Waals surface area contributed by atoms with Crippen molar-refractivity contribution in [3.05, 3.63) is 58.7 Å². The van der Waals surface area contributed by atoms with Crippen LogP contribution in [0.1, 0.15) is 28.3 Å². The lowest BCUT2D eigenvalue weighted by molar-refractivity contribution is -0.136. The van der Waals surface area contributed by atoms with Crippen molar-refractivity contribution in [3.8, 4) is 0 Å². The molecule has 2 amide bonds. The van der Waals surface area contributed by atoms with Gasteiger partial charge in [-0.2, -0.15) is 0 Å². The second kappa shape index (κ2) is 9.93. The summed E-state index contributed by atoms with van der Waals surface area (Å²) in [5.74, 6) is -1.23. The van der Waals surface area contributed by atoms with Crippen molar-refractivity contribution in [2.45, 2.75) is 26.3 Å². The van der Waals surface area contributed by atoms with Gasteiger partial charge in [0, 0.05) is 57.7 Å². The predicted octanol–water partition coefficient (Wildman–Crippen LogP) is 2.34. The van der Waals surface area contributed by atoms with Gasteiger partial charge in [0.25, 0.3) is 0 Å². The number of hydrogen-bond donors (Lipinski definition) is 2. The first-order chi connectivity index (χ1) is 15.8. The van der Waals surface area contributed by atoms with E-state index in [0.29, 0.717) is 12.2 Å². The van der Waals surface area contributed by atoms with Crippen molar-refractivity contribution in [3.63, 3.8) is 0 Å². The maximum Gasteiger partial charge on any atom is 0.313 e.